The van der Waals surface area contributed by atoms with E-state index in [-0.39, 0.29) is 17.3 Å². The van der Waals surface area contributed by atoms with E-state index >= 15 is 0 Å². The first-order valence-corrected chi connectivity index (χ1v) is 15.2. The van der Waals surface area contributed by atoms with Crippen molar-refractivity contribution in [1.29, 1.82) is 0 Å². The van der Waals surface area contributed by atoms with Crippen molar-refractivity contribution >= 4 is 50.1 Å². The van der Waals surface area contributed by atoms with E-state index in [4.69, 9.17) is 4.74 Å². The van der Waals surface area contributed by atoms with Crippen LogP contribution < -0.4 is 14.4 Å². The summed E-state index contributed by atoms with van der Waals surface area (Å²) in [4.78, 5) is 28.4. The highest BCUT2D eigenvalue weighted by molar-refractivity contribution is 14.1. The maximum atomic E-state index is 13.9. The molecule has 0 aliphatic rings. The van der Waals surface area contributed by atoms with E-state index in [1.54, 1.807) is 74.7 Å². The van der Waals surface area contributed by atoms with Crippen LogP contribution in [0.1, 0.15) is 32.3 Å². The molecule has 39 heavy (non-hydrogen) atoms. The molecule has 1 atom stereocenters. The van der Waals surface area contributed by atoms with Crippen LogP contribution in [0.2, 0.25) is 0 Å². The molecule has 0 saturated heterocycles. The van der Waals surface area contributed by atoms with Crippen LogP contribution in [0.25, 0.3) is 0 Å². The summed E-state index contributed by atoms with van der Waals surface area (Å²) in [5.74, 6) is -0.187. The lowest BCUT2D eigenvalue weighted by atomic mass is 10.1. The number of halogens is 1. The summed E-state index contributed by atoms with van der Waals surface area (Å²) in [7, 11) is -2.53. The third-order valence-corrected chi connectivity index (χ3v) is 8.72. The topological polar surface area (TPSA) is 96.0 Å². The predicted molar refractivity (Wildman–Crippen MR) is 161 cm³/mol. The Balaban J connectivity index is 1.99. The third-order valence-electron chi connectivity index (χ3n) is 6.21. The van der Waals surface area contributed by atoms with Gasteiger partial charge in [-0.1, -0.05) is 43.7 Å². The van der Waals surface area contributed by atoms with Crippen LogP contribution in [-0.4, -0.2) is 51.4 Å². The Morgan fingerprint density at radius 1 is 1.00 bits per heavy atom. The van der Waals surface area contributed by atoms with Crippen LogP contribution in [-0.2, 0) is 26.2 Å². The maximum Gasteiger partial charge on any atom is 0.264 e. The second-order valence-electron chi connectivity index (χ2n) is 8.99. The summed E-state index contributed by atoms with van der Waals surface area (Å²) in [6.07, 6.45) is 1.74. The molecule has 0 radical (unpaired) electrons. The van der Waals surface area contributed by atoms with Gasteiger partial charge in [0.2, 0.25) is 11.8 Å². The molecule has 10 heteroatoms. The molecule has 8 nitrogen and oxygen atoms in total. The number of ether oxygens (including phenoxy) is 1. The van der Waals surface area contributed by atoms with Gasteiger partial charge in [0.1, 0.15) is 18.3 Å². The molecule has 0 bridgehead atoms. The van der Waals surface area contributed by atoms with E-state index < -0.39 is 28.5 Å². The van der Waals surface area contributed by atoms with Crippen molar-refractivity contribution in [3.05, 3.63) is 88.0 Å². The number of hydrogen-bond acceptors (Lipinski definition) is 5. The monoisotopic (exact) mass is 663 g/mol. The average Bonchev–Trinajstić information content (AvgIpc) is 2.95. The average molecular weight is 664 g/mol. The van der Waals surface area contributed by atoms with Gasteiger partial charge < -0.3 is 15.0 Å². The lowest BCUT2D eigenvalue weighted by Crippen LogP contribution is -2.51. The Hall–Kier alpha value is -3.12. The SMILES string of the molecule is CCCCNC(=O)C(C)N(Cc1cccc(OC)c1)C(=O)CN(c1ccc(I)cc1)S(=O)(=O)c1ccccc1. The van der Waals surface area contributed by atoms with Crippen molar-refractivity contribution in [2.75, 3.05) is 24.5 Å². The number of methoxy groups -OCH3 is 1. The molecule has 0 saturated carbocycles. The van der Waals surface area contributed by atoms with Gasteiger partial charge >= 0.3 is 0 Å². The van der Waals surface area contributed by atoms with E-state index in [1.165, 1.54) is 17.0 Å². The lowest BCUT2D eigenvalue weighted by molar-refractivity contribution is -0.139. The number of nitrogens with zero attached hydrogens (tertiary/aromatic N) is 2. The number of rotatable bonds is 13. The van der Waals surface area contributed by atoms with Gasteiger partial charge in [-0.05, 0) is 90.0 Å². The second-order valence-corrected chi connectivity index (χ2v) is 12.1. The number of sulfonamides is 1. The van der Waals surface area contributed by atoms with Crippen molar-refractivity contribution in [3.63, 3.8) is 0 Å². The molecule has 1 unspecified atom stereocenters. The van der Waals surface area contributed by atoms with Gasteiger partial charge in [0.05, 0.1) is 17.7 Å². The normalized spacial score (nSPS) is 11.9. The number of carbonyl (C=O) groups excluding carboxylic acids is 2. The Morgan fingerprint density at radius 3 is 2.33 bits per heavy atom. The molecule has 3 aromatic rings. The second kappa shape index (κ2) is 14.3. The van der Waals surface area contributed by atoms with E-state index in [0.717, 1.165) is 26.3 Å². The number of unbranched alkanes of at least 4 members (excludes halogenated alkanes) is 1. The molecule has 0 spiro atoms. The number of hydrogen-bond donors (Lipinski definition) is 1. The maximum absolute atomic E-state index is 13.9. The van der Waals surface area contributed by atoms with Crippen LogP contribution >= 0.6 is 22.6 Å². The Morgan fingerprint density at radius 2 is 1.69 bits per heavy atom. The lowest BCUT2D eigenvalue weighted by Gasteiger charge is -2.32. The molecule has 2 amide bonds. The standard InChI is InChI=1S/C29H34IN3O5S/c1-4-5-18-31-29(35)22(2)32(20-23-10-9-11-26(19-23)38-3)28(34)21-33(25-16-14-24(30)15-17-25)39(36,37)27-12-7-6-8-13-27/h6-17,19,22H,4-5,18,20-21H2,1-3H3,(H,31,35). The summed E-state index contributed by atoms with van der Waals surface area (Å²) >= 11 is 2.14. The first-order chi connectivity index (χ1) is 18.7. The zero-order valence-electron chi connectivity index (χ0n) is 22.3. The summed E-state index contributed by atoms with van der Waals surface area (Å²) < 4.78 is 34.9. The summed E-state index contributed by atoms with van der Waals surface area (Å²) in [5, 5.41) is 2.88. The highest BCUT2D eigenvalue weighted by atomic mass is 127. The molecular weight excluding hydrogens is 629 g/mol. The Labute approximate surface area is 244 Å². The minimum atomic E-state index is -4.08. The summed E-state index contributed by atoms with van der Waals surface area (Å²) in [6.45, 7) is 3.80. The predicted octanol–water partition coefficient (Wildman–Crippen LogP) is 4.83. The van der Waals surface area contributed by atoms with Gasteiger partial charge in [-0.15, -0.1) is 0 Å². The third kappa shape index (κ3) is 8.18. The van der Waals surface area contributed by atoms with Crippen molar-refractivity contribution in [2.45, 2.75) is 44.2 Å². The van der Waals surface area contributed by atoms with Gasteiger partial charge in [0.25, 0.3) is 10.0 Å². The number of anilines is 1. The number of nitrogens with one attached hydrogen (secondary N) is 1. The molecule has 0 aliphatic carbocycles. The van der Waals surface area contributed by atoms with Crippen molar-refractivity contribution < 1.29 is 22.7 Å². The number of benzene rings is 3. The molecule has 0 fully saturated rings. The zero-order valence-corrected chi connectivity index (χ0v) is 25.3. The van der Waals surface area contributed by atoms with Gasteiger partial charge in [-0.25, -0.2) is 8.42 Å². The molecule has 0 heterocycles. The van der Waals surface area contributed by atoms with Crippen molar-refractivity contribution in [3.8, 4) is 5.75 Å². The van der Waals surface area contributed by atoms with Gasteiger partial charge in [0, 0.05) is 16.7 Å². The van der Waals surface area contributed by atoms with Crippen molar-refractivity contribution in [2.24, 2.45) is 0 Å². The highest BCUT2D eigenvalue weighted by Crippen LogP contribution is 2.25. The summed E-state index contributed by atoms with van der Waals surface area (Å²) in [5.41, 5.74) is 1.11. The minimum Gasteiger partial charge on any atom is -0.497 e. The molecule has 0 aromatic heterocycles. The van der Waals surface area contributed by atoms with E-state index in [9.17, 15) is 18.0 Å². The smallest absolute Gasteiger partial charge is 0.264 e. The highest BCUT2D eigenvalue weighted by Gasteiger charge is 2.32. The van der Waals surface area contributed by atoms with Gasteiger partial charge in [-0.3, -0.25) is 13.9 Å². The number of carbonyl (C=O) groups is 2. The largest absolute Gasteiger partial charge is 0.497 e. The molecule has 1 N–H and O–H groups in total. The first-order valence-electron chi connectivity index (χ1n) is 12.7. The van der Waals surface area contributed by atoms with Crippen LogP contribution in [0.3, 0.4) is 0 Å². The molecule has 3 rings (SSSR count). The molecule has 208 valence electrons. The van der Waals surface area contributed by atoms with Crippen LogP contribution in [0.4, 0.5) is 5.69 Å². The van der Waals surface area contributed by atoms with E-state index in [1.807, 2.05) is 13.0 Å². The molecular formula is C29H34IN3O5S. The zero-order chi connectivity index (χ0) is 28.4. The fraction of sp³-hybridized carbons (Fsp3) is 0.310. The molecule has 3 aromatic carbocycles. The van der Waals surface area contributed by atoms with Gasteiger partial charge in [-0.2, -0.15) is 0 Å². The summed E-state index contributed by atoms with van der Waals surface area (Å²) in [6, 6.07) is 21.3. The van der Waals surface area contributed by atoms with Gasteiger partial charge in [0.15, 0.2) is 0 Å². The number of amides is 2. The fourth-order valence-electron chi connectivity index (χ4n) is 3.94. The quantitative estimate of drug-likeness (QED) is 0.209. The van der Waals surface area contributed by atoms with Crippen LogP contribution in [0.15, 0.2) is 83.8 Å². The Kier molecular flexibility index (Phi) is 11.2. The van der Waals surface area contributed by atoms with Crippen LogP contribution in [0.5, 0.6) is 5.75 Å². The van der Waals surface area contributed by atoms with Crippen LogP contribution in [0, 0.1) is 3.57 Å². The fourth-order valence-corrected chi connectivity index (χ4v) is 5.74. The van der Waals surface area contributed by atoms with E-state index in [0.29, 0.717) is 18.0 Å². The van der Waals surface area contributed by atoms with Crippen molar-refractivity contribution in [1.82, 2.24) is 10.2 Å². The molecule has 0 aliphatic heterocycles. The Bertz CT molecular complexity index is 1350. The first kappa shape index (κ1) is 30.4. The van der Waals surface area contributed by atoms with E-state index in [2.05, 4.69) is 27.9 Å². The minimum absolute atomic E-state index is 0.0704.